The number of nitrogens with two attached hydrogens (primary N) is 2. The predicted molar refractivity (Wildman–Crippen MR) is 171 cm³/mol. The lowest BCUT2D eigenvalue weighted by Crippen LogP contribution is -2.12. The summed E-state index contributed by atoms with van der Waals surface area (Å²) >= 11 is -0.139. The fraction of sp³-hybridized carbons (Fsp3) is 0.212. The average molecular weight is 553 g/mol. The number of hydrogen-bond acceptors (Lipinski definition) is 5. The maximum atomic E-state index is 8.45. The summed E-state index contributed by atoms with van der Waals surface area (Å²) in [7, 11) is 3.21. The number of nitriles is 1. The maximum Gasteiger partial charge on any atom is 0.251 e. The van der Waals surface area contributed by atoms with Crippen molar-refractivity contribution < 1.29 is 9.47 Å². The summed E-state index contributed by atoms with van der Waals surface area (Å²) in [5.74, 6) is 8.90. The first kappa shape index (κ1) is 33.8. The smallest absolute Gasteiger partial charge is 0.251 e. The quantitative estimate of drug-likeness (QED) is 0.118. The Labute approximate surface area is 244 Å². The van der Waals surface area contributed by atoms with Crippen LogP contribution in [0.1, 0.15) is 22.3 Å². The highest BCUT2D eigenvalue weighted by atomic mass is 27.2. The van der Waals surface area contributed by atoms with Gasteiger partial charge in [-0.2, -0.15) is 5.26 Å². The molecule has 0 spiro atoms. The number of ether oxygens (including phenoxy) is 2. The molecule has 208 valence electrons. The van der Waals surface area contributed by atoms with Crippen molar-refractivity contribution in [2.45, 2.75) is 31.2 Å². The summed E-state index contributed by atoms with van der Waals surface area (Å²) in [4.78, 5) is 4.44. The second-order valence-corrected chi connectivity index (χ2v) is 12.9. The molecule has 4 N–H and O–H groups in total. The molecule has 4 aromatic carbocycles. The number of hydrogen-bond donors (Lipinski definition) is 2. The van der Waals surface area contributed by atoms with E-state index in [2.05, 4.69) is 22.3 Å². The van der Waals surface area contributed by atoms with Crippen molar-refractivity contribution in [3.63, 3.8) is 0 Å². The number of aryl methyl sites for hydroxylation is 2. The molecular weight excluding hydrogens is 511 g/mol. The fourth-order valence-electron chi connectivity index (χ4n) is 2.94. The number of amidine groups is 1. The van der Waals surface area contributed by atoms with Gasteiger partial charge in [0.25, 0.3) is 14.1 Å². The zero-order valence-electron chi connectivity index (χ0n) is 24.7. The number of methoxy groups -OCH3 is 2. The SMILES string of the molecule is COc1cccc(C#N)c1.COc1cccc(C(N)=Nc2ccccc2C)c1.Cc1ccccc1N.[CH3][Al]([CH3])[CH3]. The summed E-state index contributed by atoms with van der Waals surface area (Å²) in [6.45, 7) is 4.01. The van der Waals surface area contributed by atoms with Crippen molar-refractivity contribution in [2.75, 3.05) is 20.0 Å². The minimum absolute atomic E-state index is 0.139. The second kappa shape index (κ2) is 18.9. The molecule has 0 aliphatic heterocycles. The van der Waals surface area contributed by atoms with Crippen LogP contribution in [0.15, 0.2) is 102 Å². The van der Waals surface area contributed by atoms with E-state index in [1.165, 1.54) is 0 Å². The Balaban J connectivity index is 0.000000306. The average Bonchev–Trinajstić information content (AvgIpc) is 2.96. The van der Waals surface area contributed by atoms with E-state index in [9.17, 15) is 0 Å². The van der Waals surface area contributed by atoms with E-state index in [1.807, 2.05) is 92.7 Å². The highest BCUT2D eigenvalue weighted by Crippen LogP contribution is 2.19. The minimum atomic E-state index is -0.139. The van der Waals surface area contributed by atoms with Crippen molar-refractivity contribution in [1.29, 1.82) is 5.26 Å². The molecule has 0 bridgehead atoms. The van der Waals surface area contributed by atoms with Crippen LogP contribution in [0.3, 0.4) is 0 Å². The topological polar surface area (TPSA) is 107 Å². The standard InChI is InChI=1S/C15H16N2O.C8H7NO.C7H9N.3CH3.Al/c1-11-6-3-4-9-14(11)17-15(16)12-7-5-8-13(10-12)18-2;1-10-8-4-2-3-7(5-8)6-9;1-6-4-2-3-5-7(6)8;;;;/h3-10H,1-2H3,(H2,16,17);2-5H,1H3;2-5H,8H2,1H3;3*1H3;. The molecule has 40 heavy (non-hydrogen) atoms. The summed E-state index contributed by atoms with van der Waals surface area (Å²) in [5.41, 5.74) is 17.0. The Morgan fingerprint density at radius 2 is 1.27 bits per heavy atom. The molecule has 0 amide bonds. The van der Waals surface area contributed by atoms with Gasteiger partial charge in [0, 0.05) is 11.3 Å². The van der Waals surface area contributed by atoms with Gasteiger partial charge in [-0.1, -0.05) is 54.6 Å². The largest absolute Gasteiger partial charge is 0.497 e. The Kier molecular flexibility index (Phi) is 16.0. The van der Waals surface area contributed by atoms with Gasteiger partial charge in [0.15, 0.2) is 0 Å². The number of nitrogens with zero attached hydrogens (tertiary/aromatic N) is 2. The Hall–Kier alpha value is -4.23. The van der Waals surface area contributed by atoms with Crippen LogP contribution >= 0.6 is 0 Å². The molecule has 0 saturated carbocycles. The number of nitrogen functional groups attached to an aromatic ring is 1. The van der Waals surface area contributed by atoms with Gasteiger partial charge in [-0.3, -0.25) is 0 Å². The van der Waals surface area contributed by atoms with Gasteiger partial charge in [-0.15, -0.1) is 17.4 Å². The summed E-state index contributed by atoms with van der Waals surface area (Å²) < 4.78 is 10.1. The van der Waals surface area contributed by atoms with Crippen molar-refractivity contribution in [2.24, 2.45) is 10.7 Å². The van der Waals surface area contributed by atoms with Gasteiger partial charge < -0.3 is 20.9 Å². The third-order valence-electron chi connectivity index (χ3n) is 5.11. The van der Waals surface area contributed by atoms with Gasteiger partial charge in [0.1, 0.15) is 17.3 Å². The van der Waals surface area contributed by atoms with E-state index in [1.54, 1.807) is 38.5 Å². The lowest BCUT2D eigenvalue weighted by molar-refractivity contribution is 0.414. The van der Waals surface area contributed by atoms with E-state index in [0.717, 1.165) is 39.6 Å². The van der Waals surface area contributed by atoms with Crippen LogP contribution in [0.5, 0.6) is 11.5 Å². The first-order valence-electron chi connectivity index (χ1n) is 13.0. The zero-order chi connectivity index (χ0) is 29.9. The normalized spacial score (nSPS) is 9.70. The molecule has 0 radical (unpaired) electrons. The fourth-order valence-corrected chi connectivity index (χ4v) is 2.94. The molecule has 0 atom stereocenters. The first-order chi connectivity index (χ1) is 19.1. The number of aliphatic imine (C=N–C) groups is 1. The maximum absolute atomic E-state index is 8.45. The highest BCUT2D eigenvalue weighted by molar-refractivity contribution is 6.54. The van der Waals surface area contributed by atoms with Gasteiger partial charge in [0.05, 0.1) is 31.5 Å². The van der Waals surface area contributed by atoms with E-state index in [4.69, 9.17) is 26.2 Å². The Bertz CT molecular complexity index is 1360. The van der Waals surface area contributed by atoms with E-state index < -0.39 is 0 Å². The lowest BCUT2D eigenvalue weighted by atomic mass is 10.2. The van der Waals surface area contributed by atoms with Gasteiger partial charge in [-0.25, -0.2) is 4.99 Å². The predicted octanol–water partition coefficient (Wildman–Crippen LogP) is 7.56. The van der Waals surface area contributed by atoms with Gasteiger partial charge >= 0.3 is 0 Å². The lowest BCUT2D eigenvalue weighted by Gasteiger charge is -2.05. The molecule has 4 rings (SSSR count). The third kappa shape index (κ3) is 13.5. The molecule has 0 fully saturated rings. The van der Waals surface area contributed by atoms with Crippen LogP contribution in [0, 0.1) is 25.2 Å². The van der Waals surface area contributed by atoms with Crippen LogP contribution in [-0.2, 0) is 0 Å². The number of rotatable bonds is 4. The molecule has 0 heterocycles. The molecule has 0 unspecified atom stereocenters. The Morgan fingerprint density at radius 1 is 0.750 bits per heavy atom. The number of benzene rings is 4. The highest BCUT2D eigenvalue weighted by Gasteiger charge is 2.02. The van der Waals surface area contributed by atoms with Gasteiger partial charge in [0.2, 0.25) is 0 Å². The van der Waals surface area contributed by atoms with Crippen molar-refractivity contribution in [1.82, 2.24) is 0 Å². The van der Waals surface area contributed by atoms with Crippen LogP contribution in [0.2, 0.25) is 17.4 Å². The molecular formula is C33H41AlN4O2. The molecule has 0 aliphatic rings. The van der Waals surface area contributed by atoms with E-state index in [-0.39, 0.29) is 14.1 Å². The molecule has 0 aliphatic carbocycles. The summed E-state index contributed by atoms with van der Waals surface area (Å²) in [5, 5.41) is 8.45. The molecule has 7 heteroatoms. The summed E-state index contributed by atoms with van der Waals surface area (Å²) in [6.07, 6.45) is 0. The van der Waals surface area contributed by atoms with Crippen molar-refractivity contribution >= 4 is 31.4 Å². The second-order valence-electron chi connectivity index (χ2n) is 9.45. The monoisotopic (exact) mass is 552 g/mol. The van der Waals surface area contributed by atoms with Crippen LogP contribution in [0.4, 0.5) is 11.4 Å². The third-order valence-corrected chi connectivity index (χ3v) is 5.11. The van der Waals surface area contributed by atoms with Crippen LogP contribution < -0.4 is 20.9 Å². The van der Waals surface area contributed by atoms with Crippen molar-refractivity contribution in [3.05, 3.63) is 119 Å². The first-order valence-corrected chi connectivity index (χ1v) is 16.5. The molecule has 0 aromatic heterocycles. The van der Waals surface area contributed by atoms with Crippen LogP contribution in [0.25, 0.3) is 0 Å². The number of anilines is 1. The Morgan fingerprint density at radius 3 is 1.77 bits per heavy atom. The molecule has 4 aromatic rings. The van der Waals surface area contributed by atoms with Crippen LogP contribution in [-0.4, -0.2) is 34.2 Å². The van der Waals surface area contributed by atoms with Crippen molar-refractivity contribution in [3.8, 4) is 17.6 Å². The number of para-hydroxylation sites is 2. The molecule has 6 nitrogen and oxygen atoms in total. The minimum Gasteiger partial charge on any atom is -0.497 e. The van der Waals surface area contributed by atoms with E-state index >= 15 is 0 Å². The molecule has 0 saturated heterocycles. The zero-order valence-corrected chi connectivity index (χ0v) is 25.8. The summed E-state index contributed by atoms with van der Waals surface area (Å²) in [6, 6.07) is 32.3. The van der Waals surface area contributed by atoms with Gasteiger partial charge in [-0.05, 0) is 67.4 Å². The van der Waals surface area contributed by atoms with E-state index in [0.29, 0.717) is 11.4 Å².